The molecule has 3 aliphatic rings. The number of nitrogens with zero attached hydrogens (tertiary/aromatic N) is 1. The summed E-state index contributed by atoms with van der Waals surface area (Å²) in [5.74, 6) is 2.03. The van der Waals surface area contributed by atoms with E-state index in [1.54, 1.807) is 7.11 Å². The summed E-state index contributed by atoms with van der Waals surface area (Å²) in [6.45, 7) is 6.02. The quantitative estimate of drug-likeness (QED) is 0.331. The van der Waals surface area contributed by atoms with Crippen molar-refractivity contribution in [2.75, 3.05) is 33.4 Å². The monoisotopic (exact) mass is 435 g/mol. The Labute approximate surface area is 158 Å². The van der Waals surface area contributed by atoms with Crippen LogP contribution in [0.4, 0.5) is 0 Å². The van der Waals surface area contributed by atoms with Gasteiger partial charge in [-0.1, -0.05) is 6.42 Å². The Morgan fingerprint density at radius 2 is 1.91 bits per heavy atom. The fraction of sp³-hybridized carbons (Fsp3) is 0.944. The van der Waals surface area contributed by atoms with E-state index >= 15 is 0 Å². The Morgan fingerprint density at radius 1 is 1.17 bits per heavy atom. The van der Waals surface area contributed by atoms with Gasteiger partial charge in [-0.05, 0) is 68.6 Å². The molecule has 0 atom stereocenters. The van der Waals surface area contributed by atoms with Crippen molar-refractivity contribution in [2.24, 2.45) is 21.7 Å². The molecular formula is C18H34IN3O. The van der Waals surface area contributed by atoms with Crippen LogP contribution in [0.1, 0.15) is 58.3 Å². The zero-order valence-corrected chi connectivity index (χ0v) is 17.2. The number of methoxy groups -OCH3 is 1. The molecule has 0 aromatic carbocycles. The van der Waals surface area contributed by atoms with Crippen molar-refractivity contribution in [1.29, 1.82) is 0 Å². The zero-order valence-electron chi connectivity index (χ0n) is 14.8. The fourth-order valence-corrected chi connectivity index (χ4v) is 3.92. The molecule has 2 N–H and O–H groups in total. The summed E-state index contributed by atoms with van der Waals surface area (Å²) in [4.78, 5) is 4.91. The lowest BCUT2D eigenvalue weighted by Gasteiger charge is -2.40. The van der Waals surface area contributed by atoms with Gasteiger partial charge in [0.25, 0.3) is 0 Å². The van der Waals surface area contributed by atoms with E-state index in [0.717, 1.165) is 44.5 Å². The maximum atomic E-state index is 5.28. The van der Waals surface area contributed by atoms with Crippen LogP contribution in [-0.2, 0) is 4.74 Å². The maximum absolute atomic E-state index is 5.28. The molecule has 0 amide bonds. The first kappa shape index (κ1) is 19.3. The topological polar surface area (TPSA) is 45.7 Å². The second kappa shape index (κ2) is 8.37. The lowest BCUT2D eigenvalue weighted by Crippen LogP contribution is -2.42. The molecule has 0 unspecified atom stereocenters. The van der Waals surface area contributed by atoms with Gasteiger partial charge in [0.15, 0.2) is 5.96 Å². The summed E-state index contributed by atoms with van der Waals surface area (Å²) in [6.07, 6.45) is 10.9. The van der Waals surface area contributed by atoms with Crippen LogP contribution >= 0.6 is 24.0 Å². The highest BCUT2D eigenvalue weighted by atomic mass is 127. The van der Waals surface area contributed by atoms with Crippen LogP contribution in [-0.4, -0.2) is 39.3 Å². The van der Waals surface area contributed by atoms with Crippen LogP contribution < -0.4 is 10.6 Å². The summed E-state index contributed by atoms with van der Waals surface area (Å²) >= 11 is 0. The summed E-state index contributed by atoms with van der Waals surface area (Å²) in [5, 5.41) is 7.06. The predicted octanol–water partition coefficient (Wildman–Crippen LogP) is 3.56. The number of rotatable bonds is 9. The standard InChI is InChI=1S/C18H33N3O.HI/c1-3-19-16(21-14-18(9-10-18)15-5-6-15)20-13-17(7-4-8-17)11-12-22-2;/h15H,3-14H2,1-2H3,(H2,19,20,21);1H. The summed E-state index contributed by atoms with van der Waals surface area (Å²) in [6, 6.07) is 0. The Balaban J connectivity index is 0.00000192. The van der Waals surface area contributed by atoms with E-state index in [1.807, 2.05) is 0 Å². The van der Waals surface area contributed by atoms with Crippen LogP contribution in [0.5, 0.6) is 0 Å². The van der Waals surface area contributed by atoms with Gasteiger partial charge in [-0.2, -0.15) is 0 Å². The molecule has 3 rings (SSSR count). The van der Waals surface area contributed by atoms with Gasteiger partial charge in [-0.25, -0.2) is 0 Å². The van der Waals surface area contributed by atoms with Gasteiger partial charge in [0.2, 0.25) is 0 Å². The zero-order chi connectivity index (χ0) is 15.5. The van der Waals surface area contributed by atoms with E-state index in [0.29, 0.717) is 10.8 Å². The normalized spacial score (nSPS) is 24.3. The lowest BCUT2D eigenvalue weighted by molar-refractivity contribution is 0.0778. The molecule has 0 spiro atoms. The van der Waals surface area contributed by atoms with Gasteiger partial charge in [-0.15, -0.1) is 24.0 Å². The summed E-state index contributed by atoms with van der Waals surface area (Å²) in [7, 11) is 1.80. The molecule has 3 fully saturated rings. The molecule has 0 saturated heterocycles. The van der Waals surface area contributed by atoms with Gasteiger partial charge < -0.3 is 15.4 Å². The van der Waals surface area contributed by atoms with Gasteiger partial charge in [0.1, 0.15) is 0 Å². The highest BCUT2D eigenvalue weighted by molar-refractivity contribution is 14.0. The Kier molecular flexibility index (Phi) is 7.01. The smallest absolute Gasteiger partial charge is 0.191 e. The van der Waals surface area contributed by atoms with Crippen molar-refractivity contribution >= 4 is 29.9 Å². The van der Waals surface area contributed by atoms with Gasteiger partial charge in [0, 0.05) is 33.4 Å². The molecule has 0 aromatic heterocycles. The van der Waals surface area contributed by atoms with E-state index in [9.17, 15) is 0 Å². The largest absolute Gasteiger partial charge is 0.385 e. The van der Waals surface area contributed by atoms with Crippen molar-refractivity contribution in [2.45, 2.75) is 58.3 Å². The van der Waals surface area contributed by atoms with Crippen molar-refractivity contribution < 1.29 is 4.74 Å². The SMILES string of the molecule is CCNC(=NCC1(CCOC)CCC1)NCC1(C2CC2)CC1.I. The molecule has 23 heavy (non-hydrogen) atoms. The minimum Gasteiger partial charge on any atom is -0.385 e. The first-order valence-corrected chi connectivity index (χ1v) is 9.23. The second-order valence-electron chi connectivity index (χ2n) is 7.78. The number of guanidine groups is 1. The number of hydrogen-bond donors (Lipinski definition) is 2. The van der Waals surface area contributed by atoms with E-state index in [1.165, 1.54) is 44.9 Å². The number of hydrogen-bond acceptors (Lipinski definition) is 2. The number of nitrogens with one attached hydrogen (secondary N) is 2. The van der Waals surface area contributed by atoms with Crippen LogP contribution in [0.3, 0.4) is 0 Å². The highest BCUT2D eigenvalue weighted by Crippen LogP contribution is 2.60. The molecule has 0 heterocycles. The van der Waals surface area contributed by atoms with Crippen molar-refractivity contribution in [3.05, 3.63) is 0 Å². The fourth-order valence-electron chi connectivity index (χ4n) is 3.92. The first-order chi connectivity index (χ1) is 10.7. The molecule has 4 nitrogen and oxygen atoms in total. The minimum absolute atomic E-state index is 0. The third-order valence-corrected chi connectivity index (χ3v) is 6.11. The molecule has 0 radical (unpaired) electrons. The Morgan fingerprint density at radius 3 is 2.39 bits per heavy atom. The van der Waals surface area contributed by atoms with E-state index in [4.69, 9.17) is 9.73 Å². The van der Waals surface area contributed by atoms with Gasteiger partial charge in [-0.3, -0.25) is 4.99 Å². The number of aliphatic imine (C=N–C) groups is 1. The van der Waals surface area contributed by atoms with Crippen LogP contribution in [0, 0.1) is 16.7 Å². The van der Waals surface area contributed by atoms with Crippen LogP contribution in [0.15, 0.2) is 4.99 Å². The average molecular weight is 435 g/mol. The molecular weight excluding hydrogens is 401 g/mol. The second-order valence-corrected chi connectivity index (χ2v) is 7.78. The lowest BCUT2D eigenvalue weighted by atomic mass is 9.67. The van der Waals surface area contributed by atoms with Crippen molar-refractivity contribution in [3.63, 3.8) is 0 Å². The summed E-state index contributed by atoms with van der Waals surface area (Å²) in [5.41, 5.74) is 1.03. The molecule has 0 aliphatic heterocycles. The van der Waals surface area contributed by atoms with Crippen molar-refractivity contribution in [1.82, 2.24) is 10.6 Å². The Hall–Kier alpha value is -0.0400. The third-order valence-electron chi connectivity index (χ3n) is 6.11. The van der Waals surface area contributed by atoms with Gasteiger partial charge in [0.05, 0.1) is 0 Å². The summed E-state index contributed by atoms with van der Waals surface area (Å²) < 4.78 is 5.28. The number of ether oxygens (including phenoxy) is 1. The molecule has 3 saturated carbocycles. The molecule has 5 heteroatoms. The predicted molar refractivity (Wildman–Crippen MR) is 107 cm³/mol. The van der Waals surface area contributed by atoms with E-state index in [2.05, 4.69) is 17.6 Å². The van der Waals surface area contributed by atoms with Crippen LogP contribution in [0.25, 0.3) is 0 Å². The van der Waals surface area contributed by atoms with E-state index < -0.39 is 0 Å². The number of halogens is 1. The Bertz CT molecular complexity index is 401. The maximum Gasteiger partial charge on any atom is 0.191 e. The average Bonchev–Trinajstić information content (AvgIpc) is 3.36. The minimum atomic E-state index is 0. The molecule has 134 valence electrons. The van der Waals surface area contributed by atoms with Crippen molar-refractivity contribution in [3.8, 4) is 0 Å². The third kappa shape index (κ3) is 4.97. The first-order valence-electron chi connectivity index (χ1n) is 9.23. The molecule has 0 bridgehead atoms. The van der Waals surface area contributed by atoms with Crippen LogP contribution in [0.2, 0.25) is 0 Å². The van der Waals surface area contributed by atoms with Gasteiger partial charge >= 0.3 is 0 Å². The molecule has 0 aromatic rings. The molecule has 3 aliphatic carbocycles. The van der Waals surface area contributed by atoms with E-state index in [-0.39, 0.29) is 24.0 Å². The highest BCUT2D eigenvalue weighted by Gasteiger charge is 2.53.